The molecule has 1 atom stereocenters. The quantitative estimate of drug-likeness (QED) is 0.168. The number of ether oxygens (including phenoxy) is 4. The molecule has 0 fully saturated rings. The van der Waals surface area contributed by atoms with Gasteiger partial charge in [0.1, 0.15) is 11.5 Å². The van der Waals surface area contributed by atoms with Gasteiger partial charge >= 0.3 is 0 Å². The fourth-order valence-corrected chi connectivity index (χ4v) is 6.36. The van der Waals surface area contributed by atoms with E-state index in [0.29, 0.717) is 17.9 Å². The Labute approximate surface area is 274 Å². The highest BCUT2D eigenvalue weighted by atomic mass is 16.5. The molecular formula is C39H48N2O5. The van der Waals surface area contributed by atoms with E-state index in [4.69, 9.17) is 18.9 Å². The van der Waals surface area contributed by atoms with Crippen LogP contribution >= 0.6 is 0 Å². The molecule has 0 amide bonds. The first kappa shape index (κ1) is 33.2. The maximum Gasteiger partial charge on any atom is 0.169 e. The predicted molar refractivity (Wildman–Crippen MR) is 184 cm³/mol. The molecule has 0 aliphatic carbocycles. The monoisotopic (exact) mass is 624 g/mol. The van der Waals surface area contributed by atoms with E-state index in [2.05, 4.69) is 74.3 Å². The third-order valence-corrected chi connectivity index (χ3v) is 9.08. The first-order valence-corrected chi connectivity index (χ1v) is 16.1. The third-order valence-electron chi connectivity index (χ3n) is 9.08. The SMILES string of the molecule is CCc1cc(CCN(C)C)c(Cc2ccc(O)c(Oc3ccc(CC4c5cc(OC)c(OC)cc5CCN4C)cc3)c2)cc1OC. The van der Waals surface area contributed by atoms with Gasteiger partial charge in [-0.05, 0) is 135 Å². The van der Waals surface area contributed by atoms with Gasteiger partial charge in [-0.15, -0.1) is 0 Å². The molecule has 1 heterocycles. The van der Waals surface area contributed by atoms with Gasteiger partial charge in [0.25, 0.3) is 0 Å². The highest BCUT2D eigenvalue weighted by Gasteiger charge is 2.27. The normalized spacial score (nSPS) is 14.7. The van der Waals surface area contributed by atoms with Crippen molar-refractivity contribution >= 4 is 0 Å². The Morgan fingerprint density at radius 1 is 0.783 bits per heavy atom. The van der Waals surface area contributed by atoms with Crippen molar-refractivity contribution in [3.63, 3.8) is 0 Å². The van der Waals surface area contributed by atoms with Gasteiger partial charge in [-0.25, -0.2) is 0 Å². The van der Waals surface area contributed by atoms with Gasteiger partial charge in [0.2, 0.25) is 0 Å². The van der Waals surface area contributed by atoms with Gasteiger partial charge in [0.15, 0.2) is 23.0 Å². The fourth-order valence-electron chi connectivity index (χ4n) is 6.36. The summed E-state index contributed by atoms with van der Waals surface area (Å²) in [6.07, 6.45) is 4.43. The Morgan fingerprint density at radius 3 is 2.15 bits per heavy atom. The number of aromatic hydroxyl groups is 1. The summed E-state index contributed by atoms with van der Waals surface area (Å²) in [6.45, 7) is 4.11. The molecule has 0 saturated carbocycles. The zero-order chi connectivity index (χ0) is 32.8. The lowest BCUT2D eigenvalue weighted by Gasteiger charge is -2.35. The van der Waals surface area contributed by atoms with Gasteiger partial charge in [0.05, 0.1) is 21.3 Å². The van der Waals surface area contributed by atoms with Crippen molar-refractivity contribution in [1.29, 1.82) is 0 Å². The molecule has 4 aromatic carbocycles. The molecule has 1 N–H and O–H groups in total. The van der Waals surface area contributed by atoms with Crippen LogP contribution in [0.15, 0.2) is 66.7 Å². The molecule has 0 saturated heterocycles. The molecule has 0 aromatic heterocycles. The number of nitrogens with zero attached hydrogens (tertiary/aromatic N) is 2. The summed E-state index contributed by atoms with van der Waals surface area (Å²) in [6, 6.07) is 22.7. The molecule has 7 heteroatoms. The van der Waals surface area contributed by atoms with Crippen LogP contribution in [0.1, 0.15) is 51.9 Å². The van der Waals surface area contributed by atoms with Crippen LogP contribution in [0.3, 0.4) is 0 Å². The Morgan fingerprint density at radius 2 is 1.48 bits per heavy atom. The zero-order valence-electron chi connectivity index (χ0n) is 28.4. The Hall–Kier alpha value is -4.20. The molecule has 5 rings (SSSR count). The molecular weight excluding hydrogens is 576 g/mol. The minimum atomic E-state index is 0.115. The summed E-state index contributed by atoms with van der Waals surface area (Å²) in [5.74, 6) is 3.69. The second-order valence-corrected chi connectivity index (χ2v) is 12.4. The van der Waals surface area contributed by atoms with E-state index in [1.54, 1.807) is 27.4 Å². The molecule has 0 radical (unpaired) electrons. The van der Waals surface area contributed by atoms with Crippen LogP contribution < -0.4 is 18.9 Å². The second kappa shape index (κ2) is 14.9. The lowest BCUT2D eigenvalue weighted by Crippen LogP contribution is -2.33. The molecule has 1 unspecified atom stereocenters. The first-order chi connectivity index (χ1) is 22.2. The van der Waals surface area contributed by atoms with E-state index in [1.165, 1.54) is 33.4 Å². The minimum Gasteiger partial charge on any atom is -0.504 e. The van der Waals surface area contributed by atoms with E-state index in [9.17, 15) is 5.11 Å². The molecule has 1 aliphatic heterocycles. The smallest absolute Gasteiger partial charge is 0.169 e. The lowest BCUT2D eigenvalue weighted by molar-refractivity contribution is 0.228. The number of hydrogen-bond donors (Lipinski definition) is 1. The third kappa shape index (κ3) is 7.60. The largest absolute Gasteiger partial charge is 0.504 e. The maximum absolute atomic E-state index is 10.7. The molecule has 4 aromatic rings. The number of methoxy groups -OCH3 is 3. The molecule has 46 heavy (non-hydrogen) atoms. The van der Waals surface area contributed by atoms with Crippen LogP contribution in [0.2, 0.25) is 0 Å². The summed E-state index contributed by atoms with van der Waals surface area (Å²) in [5.41, 5.74) is 8.62. The Bertz CT molecular complexity index is 1630. The summed E-state index contributed by atoms with van der Waals surface area (Å²) in [5, 5.41) is 10.7. The number of rotatable bonds is 13. The number of phenolic OH excluding ortho intramolecular Hbond substituents is 1. The minimum absolute atomic E-state index is 0.115. The van der Waals surface area contributed by atoms with Crippen molar-refractivity contribution in [2.75, 3.05) is 55.6 Å². The number of fused-ring (bicyclic) bond motifs is 1. The van der Waals surface area contributed by atoms with Crippen molar-refractivity contribution in [3.8, 4) is 34.5 Å². The van der Waals surface area contributed by atoms with Crippen LogP contribution in [0.4, 0.5) is 0 Å². The molecule has 0 bridgehead atoms. The molecule has 244 valence electrons. The average Bonchev–Trinajstić information content (AvgIpc) is 3.06. The highest BCUT2D eigenvalue weighted by Crippen LogP contribution is 2.39. The predicted octanol–water partition coefficient (Wildman–Crippen LogP) is 7.24. The number of hydrogen-bond acceptors (Lipinski definition) is 7. The lowest BCUT2D eigenvalue weighted by atomic mass is 9.88. The molecule has 1 aliphatic rings. The number of phenols is 1. The summed E-state index contributed by atoms with van der Waals surface area (Å²) < 4.78 is 23.1. The van der Waals surface area contributed by atoms with Crippen LogP contribution in [-0.2, 0) is 32.1 Å². The number of aryl methyl sites for hydroxylation is 1. The second-order valence-electron chi connectivity index (χ2n) is 12.4. The van der Waals surface area contributed by atoms with Gasteiger partial charge in [-0.3, -0.25) is 4.90 Å². The molecule has 0 spiro atoms. The Kier molecular flexibility index (Phi) is 10.8. The van der Waals surface area contributed by atoms with Gasteiger partial charge in [-0.2, -0.15) is 0 Å². The van der Waals surface area contributed by atoms with Gasteiger partial charge < -0.3 is 29.0 Å². The van der Waals surface area contributed by atoms with Crippen molar-refractivity contribution in [3.05, 3.63) is 106 Å². The van der Waals surface area contributed by atoms with Crippen LogP contribution in [0.5, 0.6) is 34.5 Å². The van der Waals surface area contributed by atoms with Crippen molar-refractivity contribution < 1.29 is 24.1 Å². The first-order valence-electron chi connectivity index (χ1n) is 16.1. The summed E-state index contributed by atoms with van der Waals surface area (Å²) >= 11 is 0. The van der Waals surface area contributed by atoms with E-state index in [1.807, 2.05) is 24.3 Å². The van der Waals surface area contributed by atoms with E-state index in [-0.39, 0.29) is 11.8 Å². The van der Waals surface area contributed by atoms with Crippen molar-refractivity contribution in [1.82, 2.24) is 9.80 Å². The van der Waals surface area contributed by atoms with Crippen LogP contribution in [-0.4, -0.2) is 70.5 Å². The van der Waals surface area contributed by atoms with Crippen molar-refractivity contribution in [2.45, 2.75) is 45.1 Å². The standard InChI is InChI=1S/C39H48N2O5/c1-8-28-22-29(15-17-40(2)3)31(24-36(28)43-5)19-27-11-14-35(42)37(21-27)46-32-12-9-26(10-13-32)20-34-33-25-39(45-7)38(44-6)23-30(33)16-18-41(34)4/h9-14,21-25,34,42H,8,15-20H2,1-7H3. The van der Waals surface area contributed by atoms with Crippen molar-refractivity contribution in [2.24, 2.45) is 0 Å². The van der Waals surface area contributed by atoms with Gasteiger partial charge in [0, 0.05) is 19.1 Å². The average molecular weight is 625 g/mol. The highest BCUT2D eigenvalue weighted by molar-refractivity contribution is 5.51. The van der Waals surface area contributed by atoms with E-state index in [0.717, 1.165) is 61.6 Å². The molecule has 7 nitrogen and oxygen atoms in total. The summed E-state index contributed by atoms with van der Waals surface area (Å²) in [4.78, 5) is 4.61. The van der Waals surface area contributed by atoms with E-state index < -0.39 is 0 Å². The zero-order valence-corrected chi connectivity index (χ0v) is 28.4. The maximum atomic E-state index is 10.7. The number of likely N-dealkylation sites (N-methyl/N-ethyl adjacent to an activating group) is 2. The fraction of sp³-hybridized carbons (Fsp3) is 0.385. The number of benzene rings is 4. The van der Waals surface area contributed by atoms with Crippen LogP contribution in [0.25, 0.3) is 0 Å². The van der Waals surface area contributed by atoms with E-state index >= 15 is 0 Å². The Balaban J connectivity index is 1.33. The topological polar surface area (TPSA) is 63.6 Å². The van der Waals surface area contributed by atoms with Gasteiger partial charge in [-0.1, -0.05) is 31.2 Å². The summed E-state index contributed by atoms with van der Waals surface area (Å²) in [7, 11) is 11.5. The van der Waals surface area contributed by atoms with Crippen LogP contribution in [0, 0.1) is 0 Å².